The Bertz CT molecular complexity index is 1380. The highest BCUT2D eigenvalue weighted by Gasteiger charge is 2.22. The SMILES string of the molecule is Cc1nc2sc(C(=O)OCC(=O)c3cc(C)n(CCc4cccs4)c3C)c(C)c2c(=O)[nH]1. The van der Waals surface area contributed by atoms with Gasteiger partial charge in [-0.2, -0.15) is 0 Å². The van der Waals surface area contributed by atoms with Gasteiger partial charge in [0.05, 0.1) is 5.39 Å². The average Bonchev–Trinajstić information content (AvgIpc) is 3.43. The van der Waals surface area contributed by atoms with Gasteiger partial charge in [0, 0.05) is 28.4 Å². The summed E-state index contributed by atoms with van der Waals surface area (Å²) < 4.78 is 7.44. The molecule has 0 aliphatic carbocycles. The molecule has 0 fully saturated rings. The fourth-order valence-electron chi connectivity index (χ4n) is 3.82. The molecule has 4 rings (SSSR count). The van der Waals surface area contributed by atoms with Crippen LogP contribution in [0.4, 0.5) is 0 Å². The number of aromatic nitrogens is 3. The molecule has 0 saturated carbocycles. The van der Waals surface area contributed by atoms with Crippen LogP contribution in [0.25, 0.3) is 10.2 Å². The number of nitrogens with zero attached hydrogens (tertiary/aromatic N) is 2. The first-order valence-electron chi connectivity index (χ1n) is 10.2. The van der Waals surface area contributed by atoms with Crippen molar-refractivity contribution in [3.63, 3.8) is 0 Å². The summed E-state index contributed by atoms with van der Waals surface area (Å²) in [6.07, 6.45) is 0.897. The van der Waals surface area contributed by atoms with Crippen molar-refractivity contribution in [2.45, 2.75) is 40.7 Å². The van der Waals surface area contributed by atoms with E-state index in [1.807, 2.05) is 26.0 Å². The first kappa shape index (κ1) is 22.2. The van der Waals surface area contributed by atoms with Crippen molar-refractivity contribution in [1.29, 1.82) is 0 Å². The summed E-state index contributed by atoms with van der Waals surface area (Å²) in [6.45, 7) is 7.68. The molecule has 1 N–H and O–H groups in total. The number of thiophene rings is 2. The molecule has 0 spiro atoms. The second-order valence-electron chi connectivity index (χ2n) is 7.65. The van der Waals surface area contributed by atoms with E-state index in [4.69, 9.17) is 4.74 Å². The third-order valence-electron chi connectivity index (χ3n) is 5.47. The summed E-state index contributed by atoms with van der Waals surface area (Å²) in [7, 11) is 0. The number of H-pyrrole nitrogens is 1. The van der Waals surface area contributed by atoms with E-state index < -0.39 is 5.97 Å². The summed E-state index contributed by atoms with van der Waals surface area (Å²) in [4.78, 5) is 46.7. The van der Waals surface area contributed by atoms with Crippen molar-refractivity contribution in [3.05, 3.63) is 72.0 Å². The van der Waals surface area contributed by atoms with E-state index in [1.54, 1.807) is 25.2 Å². The Morgan fingerprint density at radius 2 is 2.00 bits per heavy atom. The Morgan fingerprint density at radius 3 is 2.72 bits per heavy atom. The van der Waals surface area contributed by atoms with Crippen LogP contribution >= 0.6 is 22.7 Å². The smallest absolute Gasteiger partial charge is 0.349 e. The minimum absolute atomic E-state index is 0.251. The zero-order valence-electron chi connectivity index (χ0n) is 18.3. The maximum Gasteiger partial charge on any atom is 0.349 e. The molecule has 7 nitrogen and oxygen atoms in total. The zero-order chi connectivity index (χ0) is 23.0. The van der Waals surface area contributed by atoms with Crippen molar-refractivity contribution in [2.24, 2.45) is 0 Å². The van der Waals surface area contributed by atoms with Crippen LogP contribution in [0, 0.1) is 27.7 Å². The molecule has 32 heavy (non-hydrogen) atoms. The maximum atomic E-state index is 12.8. The molecule has 0 unspecified atom stereocenters. The van der Waals surface area contributed by atoms with E-state index >= 15 is 0 Å². The van der Waals surface area contributed by atoms with Crippen LogP contribution in [0.1, 0.15) is 47.7 Å². The van der Waals surface area contributed by atoms with Crippen molar-refractivity contribution in [3.8, 4) is 0 Å². The normalized spacial score (nSPS) is 11.2. The van der Waals surface area contributed by atoms with Gasteiger partial charge < -0.3 is 14.3 Å². The number of aryl methyl sites for hydroxylation is 4. The van der Waals surface area contributed by atoms with E-state index in [0.29, 0.717) is 27.2 Å². The van der Waals surface area contributed by atoms with Gasteiger partial charge in [-0.1, -0.05) is 6.07 Å². The fraction of sp³-hybridized carbons (Fsp3) is 0.304. The van der Waals surface area contributed by atoms with E-state index in [2.05, 4.69) is 26.0 Å². The Hall–Kier alpha value is -3.04. The van der Waals surface area contributed by atoms with Gasteiger partial charge in [-0.05, 0) is 57.2 Å². The number of hydrogen-bond acceptors (Lipinski definition) is 7. The molecule has 0 aromatic carbocycles. The molecule has 0 amide bonds. The predicted molar refractivity (Wildman–Crippen MR) is 126 cm³/mol. The van der Waals surface area contributed by atoms with Gasteiger partial charge >= 0.3 is 5.97 Å². The lowest BCUT2D eigenvalue weighted by Crippen LogP contribution is -2.15. The highest BCUT2D eigenvalue weighted by atomic mass is 32.1. The first-order valence-corrected chi connectivity index (χ1v) is 11.8. The second-order valence-corrected chi connectivity index (χ2v) is 9.68. The second kappa shape index (κ2) is 8.84. The third kappa shape index (κ3) is 4.18. The van der Waals surface area contributed by atoms with Crippen molar-refractivity contribution in [2.75, 3.05) is 6.61 Å². The summed E-state index contributed by atoms with van der Waals surface area (Å²) in [6, 6.07) is 5.98. The van der Waals surface area contributed by atoms with Gasteiger partial charge in [0.15, 0.2) is 6.61 Å². The first-order chi connectivity index (χ1) is 15.3. The molecule has 0 radical (unpaired) electrons. The van der Waals surface area contributed by atoms with E-state index in [-0.39, 0.29) is 22.8 Å². The van der Waals surface area contributed by atoms with Crippen LogP contribution in [0.2, 0.25) is 0 Å². The van der Waals surface area contributed by atoms with Gasteiger partial charge in [0.2, 0.25) is 5.78 Å². The lowest BCUT2D eigenvalue weighted by Gasteiger charge is -2.09. The van der Waals surface area contributed by atoms with Crippen LogP contribution in [0.5, 0.6) is 0 Å². The third-order valence-corrected chi connectivity index (χ3v) is 7.58. The molecule has 0 atom stereocenters. The minimum atomic E-state index is -0.623. The number of carbonyl (C=O) groups excluding carboxylic acids is 2. The summed E-state index contributed by atoms with van der Waals surface area (Å²) in [5.74, 6) is -0.393. The monoisotopic (exact) mass is 469 g/mol. The van der Waals surface area contributed by atoms with Crippen molar-refractivity contribution >= 4 is 44.6 Å². The Morgan fingerprint density at radius 1 is 1.22 bits per heavy atom. The van der Waals surface area contributed by atoms with Gasteiger partial charge in [-0.25, -0.2) is 9.78 Å². The zero-order valence-corrected chi connectivity index (χ0v) is 19.9. The van der Waals surface area contributed by atoms with Crippen LogP contribution in [0.3, 0.4) is 0 Å². The number of esters is 1. The molecule has 166 valence electrons. The Labute approximate surface area is 192 Å². The van der Waals surface area contributed by atoms with Gasteiger partial charge in [-0.15, -0.1) is 22.7 Å². The van der Waals surface area contributed by atoms with Gasteiger partial charge in [0.25, 0.3) is 5.56 Å². The molecule has 9 heteroatoms. The number of rotatable bonds is 7. The topological polar surface area (TPSA) is 94.0 Å². The molecule has 4 aromatic heterocycles. The number of fused-ring (bicyclic) bond motifs is 1. The number of ether oxygens (including phenoxy) is 1. The van der Waals surface area contributed by atoms with Gasteiger partial charge in [0.1, 0.15) is 15.5 Å². The Balaban J connectivity index is 1.47. The number of aromatic amines is 1. The van der Waals surface area contributed by atoms with Crippen LogP contribution in [0.15, 0.2) is 28.4 Å². The van der Waals surface area contributed by atoms with Crippen LogP contribution in [-0.2, 0) is 17.7 Å². The van der Waals surface area contributed by atoms with Crippen molar-refractivity contribution in [1.82, 2.24) is 14.5 Å². The number of nitrogens with one attached hydrogen (secondary N) is 1. The molecular weight excluding hydrogens is 446 g/mol. The summed E-state index contributed by atoms with van der Waals surface area (Å²) >= 11 is 2.82. The molecule has 4 aromatic rings. The number of Topliss-reactive ketones (excluding diaryl/α,β-unsaturated/α-hetero) is 1. The fourth-order valence-corrected chi connectivity index (χ4v) is 5.64. The van der Waals surface area contributed by atoms with E-state index in [9.17, 15) is 14.4 Å². The van der Waals surface area contributed by atoms with Crippen LogP contribution < -0.4 is 5.56 Å². The molecule has 0 aliphatic heterocycles. The van der Waals surface area contributed by atoms with Crippen LogP contribution in [-0.4, -0.2) is 32.9 Å². The number of carbonyl (C=O) groups is 2. The lowest BCUT2D eigenvalue weighted by molar-refractivity contribution is 0.0479. The predicted octanol–water partition coefficient (Wildman–Crippen LogP) is 4.36. The lowest BCUT2D eigenvalue weighted by atomic mass is 10.1. The highest BCUT2D eigenvalue weighted by molar-refractivity contribution is 7.20. The molecular formula is C23H23N3O4S2. The highest BCUT2D eigenvalue weighted by Crippen LogP contribution is 2.27. The summed E-state index contributed by atoms with van der Waals surface area (Å²) in [5, 5.41) is 2.44. The number of hydrogen-bond donors (Lipinski definition) is 1. The van der Waals surface area contributed by atoms with Crippen molar-refractivity contribution < 1.29 is 14.3 Å². The standard InChI is InChI=1S/C23H23N3O4S2/c1-12-10-17(14(3)26(12)8-7-16-6-5-9-31-16)18(27)11-30-23(29)20-13(2)19-21(28)24-15(4)25-22(19)32-20/h5-6,9-10H,7-8,11H2,1-4H3,(H,24,25,28). The van der Waals surface area contributed by atoms with E-state index in [0.717, 1.165) is 35.7 Å². The molecule has 0 bridgehead atoms. The molecule has 0 saturated heterocycles. The quantitative estimate of drug-likeness (QED) is 0.321. The average molecular weight is 470 g/mol. The Kier molecular flexibility index (Phi) is 6.12. The van der Waals surface area contributed by atoms with Gasteiger partial charge in [-0.3, -0.25) is 9.59 Å². The minimum Gasteiger partial charge on any atom is -0.453 e. The largest absolute Gasteiger partial charge is 0.453 e. The van der Waals surface area contributed by atoms with E-state index in [1.165, 1.54) is 4.88 Å². The summed E-state index contributed by atoms with van der Waals surface area (Å²) in [5.41, 5.74) is 2.65. The maximum absolute atomic E-state index is 12.8. The number of ketones is 1. The molecule has 4 heterocycles. The molecule has 0 aliphatic rings.